The van der Waals surface area contributed by atoms with Crippen molar-refractivity contribution in [2.24, 2.45) is 0 Å². The van der Waals surface area contributed by atoms with Gasteiger partial charge in [0.1, 0.15) is 0 Å². The highest BCUT2D eigenvalue weighted by Gasteiger charge is 2.06. The third kappa shape index (κ3) is 4.60. The molecule has 0 aromatic carbocycles. The minimum Gasteiger partial charge on any atom is -0.396 e. The predicted molar refractivity (Wildman–Crippen MR) is 61.9 cm³/mol. The van der Waals surface area contributed by atoms with Crippen LogP contribution in [0.2, 0.25) is 0 Å². The molecule has 8 heteroatoms. The number of aromatic nitrogens is 2. The first-order valence-electron chi connectivity index (χ1n) is 5.05. The van der Waals surface area contributed by atoms with E-state index in [0.29, 0.717) is 18.8 Å². The quantitative estimate of drug-likeness (QED) is 0.593. The summed E-state index contributed by atoms with van der Waals surface area (Å²) >= 11 is 0. The molecule has 7 nitrogen and oxygen atoms in total. The lowest BCUT2D eigenvalue weighted by Gasteiger charge is -2.07. The van der Waals surface area contributed by atoms with Gasteiger partial charge in [-0.05, 0) is 6.42 Å². The van der Waals surface area contributed by atoms with Crippen LogP contribution in [0.5, 0.6) is 0 Å². The van der Waals surface area contributed by atoms with Crippen molar-refractivity contribution in [1.82, 2.24) is 19.2 Å². The van der Waals surface area contributed by atoms with Crippen LogP contribution in [0.25, 0.3) is 0 Å². The molecule has 1 aromatic heterocycles. The number of nitrogens with two attached hydrogens (primary N) is 1. The molecule has 0 aliphatic heterocycles. The van der Waals surface area contributed by atoms with Gasteiger partial charge < -0.3 is 5.73 Å². The Kier molecular flexibility index (Phi) is 4.71. The van der Waals surface area contributed by atoms with E-state index in [4.69, 9.17) is 5.73 Å². The molecule has 0 unspecified atom stereocenters. The summed E-state index contributed by atoms with van der Waals surface area (Å²) in [4.78, 5) is 0. The lowest BCUT2D eigenvalue weighted by Crippen LogP contribution is -2.38. The van der Waals surface area contributed by atoms with Gasteiger partial charge in [0.2, 0.25) is 0 Å². The fourth-order valence-corrected chi connectivity index (χ4v) is 2.02. The zero-order valence-electron chi connectivity index (χ0n) is 9.18. The number of anilines is 1. The molecule has 16 heavy (non-hydrogen) atoms. The smallest absolute Gasteiger partial charge is 0.276 e. The summed E-state index contributed by atoms with van der Waals surface area (Å²) in [5, 5.41) is 3.93. The lowest BCUT2D eigenvalue weighted by molar-refractivity contribution is 0.549. The number of hydrogen-bond acceptors (Lipinski definition) is 4. The summed E-state index contributed by atoms with van der Waals surface area (Å²) in [6.07, 6.45) is 3.92. The number of nitrogens with one attached hydrogen (secondary N) is 2. The van der Waals surface area contributed by atoms with Crippen molar-refractivity contribution in [1.29, 1.82) is 0 Å². The first kappa shape index (κ1) is 12.9. The van der Waals surface area contributed by atoms with Gasteiger partial charge in [0.25, 0.3) is 10.2 Å². The maximum atomic E-state index is 11.3. The van der Waals surface area contributed by atoms with Gasteiger partial charge >= 0.3 is 0 Å². The van der Waals surface area contributed by atoms with Crippen LogP contribution in [0, 0.1) is 0 Å². The standard InChI is InChI=1S/C8H17N5O2S/c1-2-3-11-16(14,15)12-4-5-13-7-8(9)6-10-13/h6-7,11-12H,2-5,9H2,1H3. The Morgan fingerprint density at radius 3 is 2.69 bits per heavy atom. The average Bonchev–Trinajstić information content (AvgIpc) is 2.61. The third-order valence-electron chi connectivity index (χ3n) is 1.83. The van der Waals surface area contributed by atoms with Crippen molar-refractivity contribution >= 4 is 15.9 Å². The van der Waals surface area contributed by atoms with E-state index in [1.165, 1.54) is 6.20 Å². The molecule has 0 bridgehead atoms. The summed E-state index contributed by atoms with van der Waals surface area (Å²) in [5.41, 5.74) is 6.03. The van der Waals surface area contributed by atoms with Gasteiger partial charge in [-0.2, -0.15) is 13.5 Å². The van der Waals surface area contributed by atoms with E-state index in [2.05, 4.69) is 14.5 Å². The van der Waals surface area contributed by atoms with Crippen molar-refractivity contribution < 1.29 is 8.42 Å². The number of nitrogens with zero attached hydrogens (tertiary/aromatic N) is 2. The molecule has 1 heterocycles. The fourth-order valence-electron chi connectivity index (χ4n) is 1.08. The Bertz CT molecular complexity index is 414. The zero-order chi connectivity index (χ0) is 12.0. The maximum Gasteiger partial charge on any atom is 0.276 e. The summed E-state index contributed by atoms with van der Waals surface area (Å²) in [6.45, 7) is 3.06. The summed E-state index contributed by atoms with van der Waals surface area (Å²) < 4.78 is 29.0. The minimum atomic E-state index is -3.38. The predicted octanol–water partition coefficient (Wildman–Crippen LogP) is -0.701. The van der Waals surface area contributed by atoms with Gasteiger partial charge in [-0.15, -0.1) is 0 Å². The highest BCUT2D eigenvalue weighted by Crippen LogP contribution is 1.96. The van der Waals surface area contributed by atoms with E-state index < -0.39 is 10.2 Å². The zero-order valence-corrected chi connectivity index (χ0v) is 10.00. The van der Waals surface area contributed by atoms with Crippen LogP contribution in [0.1, 0.15) is 13.3 Å². The lowest BCUT2D eigenvalue weighted by atomic mass is 10.5. The Labute approximate surface area is 95.2 Å². The molecule has 0 atom stereocenters. The molecule has 92 valence electrons. The number of nitrogen functional groups attached to an aromatic ring is 1. The van der Waals surface area contributed by atoms with E-state index in [9.17, 15) is 8.42 Å². The summed E-state index contributed by atoms with van der Waals surface area (Å²) in [5.74, 6) is 0. The molecule has 4 N–H and O–H groups in total. The largest absolute Gasteiger partial charge is 0.396 e. The number of hydrogen-bond donors (Lipinski definition) is 3. The van der Waals surface area contributed by atoms with Crippen LogP contribution < -0.4 is 15.2 Å². The Hall–Kier alpha value is -1.12. The van der Waals surface area contributed by atoms with Crippen molar-refractivity contribution in [3.05, 3.63) is 12.4 Å². The summed E-state index contributed by atoms with van der Waals surface area (Å²) in [7, 11) is -3.38. The third-order valence-corrected chi connectivity index (χ3v) is 3.00. The fraction of sp³-hybridized carbons (Fsp3) is 0.625. The van der Waals surface area contributed by atoms with Crippen molar-refractivity contribution in [3.63, 3.8) is 0 Å². The van der Waals surface area contributed by atoms with Crippen LogP contribution in [-0.4, -0.2) is 31.3 Å². The highest BCUT2D eigenvalue weighted by molar-refractivity contribution is 7.87. The Balaban J connectivity index is 2.29. The summed E-state index contributed by atoms with van der Waals surface area (Å²) in [6, 6.07) is 0. The van der Waals surface area contributed by atoms with Gasteiger partial charge in [-0.1, -0.05) is 6.92 Å². The average molecular weight is 247 g/mol. The molecule has 0 saturated heterocycles. The second kappa shape index (κ2) is 5.83. The van der Waals surface area contributed by atoms with Crippen molar-refractivity contribution in [2.45, 2.75) is 19.9 Å². The normalized spacial score (nSPS) is 11.8. The monoisotopic (exact) mass is 247 g/mol. The highest BCUT2D eigenvalue weighted by atomic mass is 32.2. The van der Waals surface area contributed by atoms with Gasteiger partial charge in [0, 0.05) is 19.3 Å². The molecule has 0 saturated carbocycles. The SMILES string of the molecule is CCCNS(=O)(=O)NCCn1cc(N)cn1. The molecule has 0 aliphatic rings. The van der Waals surface area contributed by atoms with Crippen LogP contribution in [-0.2, 0) is 16.8 Å². The second-order valence-electron chi connectivity index (χ2n) is 3.33. The molecule has 0 fully saturated rings. The van der Waals surface area contributed by atoms with Crippen LogP contribution in [0.15, 0.2) is 12.4 Å². The minimum absolute atomic E-state index is 0.278. The molecule has 0 spiro atoms. The van der Waals surface area contributed by atoms with Gasteiger partial charge in [0.15, 0.2) is 0 Å². The van der Waals surface area contributed by atoms with Crippen molar-refractivity contribution in [2.75, 3.05) is 18.8 Å². The molecular formula is C8H17N5O2S. The molecular weight excluding hydrogens is 230 g/mol. The Morgan fingerprint density at radius 1 is 1.44 bits per heavy atom. The maximum absolute atomic E-state index is 11.3. The van der Waals surface area contributed by atoms with Gasteiger partial charge in [0.05, 0.1) is 18.4 Å². The van der Waals surface area contributed by atoms with E-state index in [-0.39, 0.29) is 6.54 Å². The first-order valence-corrected chi connectivity index (χ1v) is 6.54. The Morgan fingerprint density at radius 2 is 2.12 bits per heavy atom. The molecule has 1 rings (SSSR count). The van der Waals surface area contributed by atoms with E-state index in [0.717, 1.165) is 6.42 Å². The van der Waals surface area contributed by atoms with Crippen LogP contribution in [0.4, 0.5) is 5.69 Å². The van der Waals surface area contributed by atoms with E-state index >= 15 is 0 Å². The van der Waals surface area contributed by atoms with Gasteiger partial charge in [-0.3, -0.25) is 4.68 Å². The number of rotatable bonds is 7. The van der Waals surface area contributed by atoms with E-state index in [1.807, 2.05) is 6.92 Å². The van der Waals surface area contributed by atoms with Crippen LogP contribution in [0.3, 0.4) is 0 Å². The molecule has 1 aromatic rings. The molecule has 0 aliphatic carbocycles. The second-order valence-corrected chi connectivity index (χ2v) is 4.91. The van der Waals surface area contributed by atoms with Crippen LogP contribution >= 0.6 is 0 Å². The van der Waals surface area contributed by atoms with Gasteiger partial charge in [-0.25, -0.2) is 9.44 Å². The topological polar surface area (TPSA) is 102 Å². The first-order chi connectivity index (χ1) is 7.53. The van der Waals surface area contributed by atoms with E-state index in [1.54, 1.807) is 10.9 Å². The van der Waals surface area contributed by atoms with Crippen molar-refractivity contribution in [3.8, 4) is 0 Å². The molecule has 0 amide bonds. The molecule has 0 radical (unpaired) electrons.